The molecular weight excluding hydrogens is 266 g/mol. The first-order chi connectivity index (χ1) is 10.1. The van der Waals surface area contributed by atoms with E-state index in [-0.39, 0.29) is 18.0 Å². The third kappa shape index (κ3) is 14.9. The number of hydrogen-bond donors (Lipinski definition) is 1. The maximum atomic E-state index is 11.0. The molecule has 0 rings (SSSR count). The number of amides is 1. The minimum Gasteiger partial charge on any atom is -0.460 e. The SMILES string of the molecule is CCCCCCCC/C=C/CC(CNC(C)=O)OC(C)=O. The van der Waals surface area contributed by atoms with Crippen molar-refractivity contribution in [2.75, 3.05) is 6.54 Å². The van der Waals surface area contributed by atoms with E-state index < -0.39 is 0 Å². The van der Waals surface area contributed by atoms with E-state index in [0.717, 1.165) is 6.42 Å². The molecule has 0 aliphatic rings. The Morgan fingerprint density at radius 1 is 1.05 bits per heavy atom. The molecule has 21 heavy (non-hydrogen) atoms. The normalized spacial score (nSPS) is 12.3. The molecule has 0 fully saturated rings. The number of rotatable bonds is 12. The van der Waals surface area contributed by atoms with E-state index in [1.165, 1.54) is 52.4 Å². The molecule has 4 nitrogen and oxygen atoms in total. The number of esters is 1. The Morgan fingerprint density at radius 3 is 2.33 bits per heavy atom. The van der Waals surface area contributed by atoms with Crippen LogP contribution in [-0.4, -0.2) is 24.5 Å². The fraction of sp³-hybridized carbons (Fsp3) is 0.765. The van der Waals surface area contributed by atoms with Gasteiger partial charge in [0.05, 0.1) is 6.54 Å². The quantitative estimate of drug-likeness (QED) is 0.339. The molecular formula is C17H31NO3. The highest BCUT2D eigenvalue weighted by Crippen LogP contribution is 2.08. The van der Waals surface area contributed by atoms with Gasteiger partial charge in [-0.3, -0.25) is 9.59 Å². The van der Waals surface area contributed by atoms with Crippen molar-refractivity contribution in [1.29, 1.82) is 0 Å². The van der Waals surface area contributed by atoms with Crippen LogP contribution in [0.25, 0.3) is 0 Å². The Bertz CT molecular complexity index is 313. The van der Waals surface area contributed by atoms with Gasteiger partial charge in [0.25, 0.3) is 0 Å². The van der Waals surface area contributed by atoms with Gasteiger partial charge in [-0.15, -0.1) is 0 Å². The van der Waals surface area contributed by atoms with Crippen molar-refractivity contribution in [2.45, 2.75) is 78.2 Å². The molecule has 1 atom stereocenters. The first-order valence-electron chi connectivity index (χ1n) is 8.13. The predicted molar refractivity (Wildman–Crippen MR) is 86.0 cm³/mol. The van der Waals surface area contributed by atoms with Crippen LogP contribution in [-0.2, 0) is 14.3 Å². The zero-order chi connectivity index (χ0) is 15.9. The van der Waals surface area contributed by atoms with Crippen LogP contribution in [0.5, 0.6) is 0 Å². The van der Waals surface area contributed by atoms with Gasteiger partial charge in [-0.05, 0) is 12.8 Å². The van der Waals surface area contributed by atoms with Crippen LogP contribution in [0, 0.1) is 0 Å². The van der Waals surface area contributed by atoms with E-state index in [0.29, 0.717) is 13.0 Å². The Kier molecular flexibility index (Phi) is 12.8. The number of hydrogen-bond acceptors (Lipinski definition) is 3. The predicted octanol–water partition coefficient (Wildman–Crippen LogP) is 3.75. The van der Waals surface area contributed by atoms with E-state index in [4.69, 9.17) is 4.74 Å². The largest absolute Gasteiger partial charge is 0.460 e. The summed E-state index contributed by atoms with van der Waals surface area (Å²) in [5, 5.41) is 2.68. The third-order valence-electron chi connectivity index (χ3n) is 3.20. The fourth-order valence-electron chi connectivity index (χ4n) is 2.07. The summed E-state index contributed by atoms with van der Waals surface area (Å²) in [5.74, 6) is -0.419. The van der Waals surface area contributed by atoms with Crippen LogP contribution in [0.4, 0.5) is 0 Å². The van der Waals surface area contributed by atoms with Gasteiger partial charge in [0.15, 0.2) is 0 Å². The molecule has 0 radical (unpaired) electrons. The van der Waals surface area contributed by atoms with E-state index >= 15 is 0 Å². The molecule has 1 amide bonds. The molecule has 1 unspecified atom stereocenters. The average molecular weight is 297 g/mol. The molecule has 4 heteroatoms. The van der Waals surface area contributed by atoms with Crippen molar-refractivity contribution in [3.05, 3.63) is 12.2 Å². The fourth-order valence-corrected chi connectivity index (χ4v) is 2.07. The number of carbonyl (C=O) groups excluding carboxylic acids is 2. The minimum atomic E-state index is -0.310. The average Bonchev–Trinajstić information content (AvgIpc) is 2.42. The molecule has 0 saturated carbocycles. The molecule has 0 spiro atoms. The molecule has 0 aromatic rings. The zero-order valence-electron chi connectivity index (χ0n) is 13.8. The van der Waals surface area contributed by atoms with Crippen molar-refractivity contribution in [3.8, 4) is 0 Å². The van der Waals surface area contributed by atoms with Gasteiger partial charge in [-0.25, -0.2) is 0 Å². The molecule has 0 bridgehead atoms. The van der Waals surface area contributed by atoms with E-state index in [9.17, 15) is 9.59 Å². The molecule has 0 aromatic heterocycles. The van der Waals surface area contributed by atoms with Gasteiger partial charge < -0.3 is 10.1 Å². The number of nitrogens with one attached hydrogen (secondary N) is 1. The molecule has 0 aliphatic heterocycles. The van der Waals surface area contributed by atoms with Crippen LogP contribution >= 0.6 is 0 Å². The highest BCUT2D eigenvalue weighted by atomic mass is 16.5. The zero-order valence-corrected chi connectivity index (χ0v) is 13.8. The lowest BCUT2D eigenvalue weighted by atomic mass is 10.1. The second kappa shape index (κ2) is 13.7. The Hall–Kier alpha value is -1.32. The monoisotopic (exact) mass is 297 g/mol. The summed E-state index contributed by atoms with van der Waals surface area (Å²) in [5.41, 5.74) is 0. The second-order valence-electron chi connectivity index (χ2n) is 5.43. The maximum absolute atomic E-state index is 11.0. The van der Waals surface area contributed by atoms with Crippen molar-refractivity contribution >= 4 is 11.9 Å². The van der Waals surface area contributed by atoms with Crippen LogP contribution < -0.4 is 5.32 Å². The summed E-state index contributed by atoms with van der Waals surface area (Å²) in [6.45, 7) is 5.44. The third-order valence-corrected chi connectivity index (χ3v) is 3.20. The van der Waals surface area contributed by atoms with Crippen molar-refractivity contribution < 1.29 is 14.3 Å². The number of unbranched alkanes of at least 4 members (excludes halogenated alkanes) is 6. The Labute approximate surface area is 129 Å². The number of ether oxygens (including phenoxy) is 1. The van der Waals surface area contributed by atoms with Crippen molar-refractivity contribution in [3.63, 3.8) is 0 Å². The van der Waals surface area contributed by atoms with Crippen molar-refractivity contribution in [1.82, 2.24) is 5.32 Å². The number of allylic oxidation sites excluding steroid dienone is 1. The molecule has 0 heterocycles. The topological polar surface area (TPSA) is 55.4 Å². The summed E-state index contributed by atoms with van der Waals surface area (Å²) >= 11 is 0. The lowest BCUT2D eigenvalue weighted by molar-refractivity contribution is -0.146. The van der Waals surface area contributed by atoms with Crippen LogP contribution in [0.15, 0.2) is 12.2 Å². The van der Waals surface area contributed by atoms with Gasteiger partial charge in [0.2, 0.25) is 5.91 Å². The molecule has 0 aromatic carbocycles. The van der Waals surface area contributed by atoms with Crippen LogP contribution in [0.2, 0.25) is 0 Å². The molecule has 122 valence electrons. The van der Waals surface area contributed by atoms with Gasteiger partial charge in [0.1, 0.15) is 6.10 Å². The summed E-state index contributed by atoms with van der Waals surface area (Å²) in [7, 11) is 0. The van der Waals surface area contributed by atoms with Crippen LogP contribution in [0.1, 0.15) is 72.1 Å². The first kappa shape index (κ1) is 19.7. The molecule has 1 N–H and O–H groups in total. The highest BCUT2D eigenvalue weighted by molar-refractivity contribution is 5.72. The molecule has 0 aliphatic carbocycles. The smallest absolute Gasteiger partial charge is 0.302 e. The number of carbonyl (C=O) groups is 2. The van der Waals surface area contributed by atoms with Gasteiger partial charge in [-0.2, -0.15) is 0 Å². The Morgan fingerprint density at radius 2 is 1.71 bits per heavy atom. The first-order valence-corrected chi connectivity index (χ1v) is 8.13. The van der Waals surface area contributed by atoms with Crippen LogP contribution in [0.3, 0.4) is 0 Å². The maximum Gasteiger partial charge on any atom is 0.302 e. The summed E-state index contributed by atoms with van der Waals surface area (Å²) in [6, 6.07) is 0. The highest BCUT2D eigenvalue weighted by Gasteiger charge is 2.10. The van der Waals surface area contributed by atoms with E-state index in [2.05, 4.69) is 18.3 Å². The molecule has 0 saturated heterocycles. The summed E-state index contributed by atoms with van der Waals surface area (Å²) in [6.07, 6.45) is 13.4. The second-order valence-corrected chi connectivity index (χ2v) is 5.43. The van der Waals surface area contributed by atoms with E-state index in [1.807, 2.05) is 6.08 Å². The van der Waals surface area contributed by atoms with Gasteiger partial charge >= 0.3 is 5.97 Å². The standard InChI is InChI=1S/C17H31NO3/c1-4-5-6-7-8-9-10-11-12-13-17(21-16(3)20)14-18-15(2)19/h11-12,17H,4-10,13-14H2,1-3H3,(H,18,19)/b12-11+. The summed E-state index contributed by atoms with van der Waals surface area (Å²) < 4.78 is 5.17. The van der Waals surface area contributed by atoms with Crippen molar-refractivity contribution in [2.24, 2.45) is 0 Å². The summed E-state index contributed by atoms with van der Waals surface area (Å²) in [4.78, 5) is 21.9. The lowest BCUT2D eigenvalue weighted by Crippen LogP contribution is -2.32. The van der Waals surface area contributed by atoms with Gasteiger partial charge in [-0.1, -0.05) is 51.2 Å². The lowest BCUT2D eigenvalue weighted by Gasteiger charge is -2.15. The minimum absolute atomic E-state index is 0.108. The Balaban J connectivity index is 3.75. The van der Waals surface area contributed by atoms with Gasteiger partial charge in [0, 0.05) is 20.3 Å². The van der Waals surface area contributed by atoms with E-state index in [1.54, 1.807) is 0 Å².